The van der Waals surface area contributed by atoms with Crippen LogP contribution in [0.2, 0.25) is 0 Å². The maximum absolute atomic E-state index is 11.6. The van der Waals surface area contributed by atoms with Crippen molar-refractivity contribution in [1.82, 2.24) is 15.3 Å². The molecule has 0 unspecified atom stereocenters. The molecular weight excluding hydrogens is 268 g/mol. The van der Waals surface area contributed by atoms with Crippen molar-refractivity contribution in [2.75, 3.05) is 24.5 Å². The number of aromatic nitrogens is 2. The first kappa shape index (κ1) is 15.5. The van der Waals surface area contributed by atoms with Gasteiger partial charge in [0.1, 0.15) is 17.7 Å². The molecule has 1 amide bonds. The van der Waals surface area contributed by atoms with Gasteiger partial charge < -0.3 is 15.0 Å². The van der Waals surface area contributed by atoms with Crippen LogP contribution in [0, 0.1) is 5.92 Å². The topological polar surface area (TPSA) is 67.3 Å². The van der Waals surface area contributed by atoms with Gasteiger partial charge in [-0.1, -0.05) is 0 Å². The minimum absolute atomic E-state index is 0.333. The number of ether oxygens (including phenoxy) is 1. The fourth-order valence-corrected chi connectivity index (χ4v) is 2.38. The third-order valence-corrected chi connectivity index (χ3v) is 3.44. The molecule has 0 aromatic carbocycles. The number of amides is 1. The monoisotopic (exact) mass is 292 g/mol. The van der Waals surface area contributed by atoms with E-state index < -0.39 is 5.60 Å². The van der Waals surface area contributed by atoms with E-state index in [-0.39, 0.29) is 6.09 Å². The van der Waals surface area contributed by atoms with E-state index in [0.717, 1.165) is 31.7 Å². The Morgan fingerprint density at radius 1 is 1.43 bits per heavy atom. The van der Waals surface area contributed by atoms with Crippen molar-refractivity contribution in [2.45, 2.75) is 39.2 Å². The van der Waals surface area contributed by atoms with Gasteiger partial charge >= 0.3 is 6.09 Å². The molecule has 21 heavy (non-hydrogen) atoms. The molecule has 2 rings (SSSR count). The number of rotatable bonds is 3. The van der Waals surface area contributed by atoms with Crippen LogP contribution in [0.1, 0.15) is 33.6 Å². The maximum Gasteiger partial charge on any atom is 0.407 e. The van der Waals surface area contributed by atoms with Gasteiger partial charge in [-0.2, -0.15) is 0 Å². The zero-order valence-electron chi connectivity index (χ0n) is 13.0. The molecule has 1 N–H and O–H groups in total. The largest absolute Gasteiger partial charge is 0.444 e. The highest BCUT2D eigenvalue weighted by Gasteiger charge is 2.22. The lowest BCUT2D eigenvalue weighted by Crippen LogP contribution is -2.40. The highest BCUT2D eigenvalue weighted by atomic mass is 16.6. The number of piperidine rings is 1. The van der Waals surface area contributed by atoms with Gasteiger partial charge in [0, 0.05) is 25.8 Å². The molecule has 0 radical (unpaired) electrons. The van der Waals surface area contributed by atoms with E-state index in [1.54, 1.807) is 12.5 Å². The number of nitrogens with zero attached hydrogens (tertiary/aromatic N) is 3. The fourth-order valence-electron chi connectivity index (χ4n) is 2.38. The van der Waals surface area contributed by atoms with E-state index in [9.17, 15) is 4.79 Å². The molecule has 0 saturated carbocycles. The lowest BCUT2D eigenvalue weighted by molar-refractivity contribution is 0.0517. The summed E-state index contributed by atoms with van der Waals surface area (Å²) in [5.74, 6) is 1.47. The quantitative estimate of drug-likeness (QED) is 0.925. The minimum atomic E-state index is -0.444. The summed E-state index contributed by atoms with van der Waals surface area (Å²) in [6.07, 6.45) is 5.09. The Hall–Kier alpha value is -1.85. The predicted molar refractivity (Wildman–Crippen MR) is 81.2 cm³/mol. The molecule has 0 aliphatic carbocycles. The fraction of sp³-hybridized carbons (Fsp3) is 0.667. The van der Waals surface area contributed by atoms with Crippen LogP contribution in [0.5, 0.6) is 0 Å². The van der Waals surface area contributed by atoms with Crippen LogP contribution in [0.15, 0.2) is 18.6 Å². The summed E-state index contributed by atoms with van der Waals surface area (Å²) in [6.45, 7) is 8.19. The number of alkyl carbamates (subject to hydrolysis) is 1. The first-order valence-corrected chi connectivity index (χ1v) is 7.42. The Morgan fingerprint density at radius 2 is 2.14 bits per heavy atom. The molecule has 1 aliphatic rings. The second-order valence-electron chi connectivity index (χ2n) is 6.38. The summed E-state index contributed by atoms with van der Waals surface area (Å²) in [5, 5.41) is 2.86. The molecule has 0 bridgehead atoms. The van der Waals surface area contributed by atoms with Crippen LogP contribution in [0.25, 0.3) is 0 Å². The first-order chi connectivity index (χ1) is 9.94. The standard InChI is InChI=1S/C15H24N4O2/c1-15(2,3)21-14(20)17-10-12-5-8-19(9-6-12)13-4-7-16-11-18-13/h4,7,11-12H,5-6,8-10H2,1-3H3,(H,17,20). The number of hydrogen-bond donors (Lipinski definition) is 1. The molecule has 1 aliphatic heterocycles. The number of anilines is 1. The van der Waals surface area contributed by atoms with Gasteiger partial charge in [-0.25, -0.2) is 14.8 Å². The van der Waals surface area contributed by atoms with E-state index in [2.05, 4.69) is 20.2 Å². The highest BCUT2D eigenvalue weighted by Crippen LogP contribution is 2.20. The van der Waals surface area contributed by atoms with Crippen molar-refractivity contribution in [2.24, 2.45) is 5.92 Å². The van der Waals surface area contributed by atoms with Crippen molar-refractivity contribution in [3.63, 3.8) is 0 Å². The maximum atomic E-state index is 11.6. The molecule has 1 saturated heterocycles. The summed E-state index contributed by atoms with van der Waals surface area (Å²) in [5.41, 5.74) is -0.444. The molecule has 116 valence electrons. The summed E-state index contributed by atoms with van der Waals surface area (Å²) in [6, 6.07) is 1.93. The van der Waals surface area contributed by atoms with Gasteiger partial charge in [-0.05, 0) is 45.6 Å². The Balaban J connectivity index is 1.71. The van der Waals surface area contributed by atoms with Crippen molar-refractivity contribution >= 4 is 11.9 Å². The van der Waals surface area contributed by atoms with Crippen molar-refractivity contribution < 1.29 is 9.53 Å². The SMILES string of the molecule is CC(C)(C)OC(=O)NCC1CCN(c2ccncn2)CC1. The van der Waals surface area contributed by atoms with Crippen LogP contribution in [0.3, 0.4) is 0 Å². The number of carbonyl (C=O) groups is 1. The van der Waals surface area contributed by atoms with Crippen LogP contribution in [0.4, 0.5) is 10.6 Å². The lowest BCUT2D eigenvalue weighted by atomic mass is 9.97. The van der Waals surface area contributed by atoms with Gasteiger partial charge in [0.15, 0.2) is 0 Å². The van der Waals surface area contributed by atoms with E-state index in [4.69, 9.17) is 4.74 Å². The van der Waals surface area contributed by atoms with E-state index >= 15 is 0 Å². The second kappa shape index (κ2) is 6.74. The molecular formula is C15H24N4O2. The first-order valence-electron chi connectivity index (χ1n) is 7.42. The summed E-state index contributed by atoms with van der Waals surface area (Å²) in [4.78, 5) is 22.1. The number of carbonyl (C=O) groups excluding carboxylic acids is 1. The Bertz CT molecular complexity index is 450. The molecule has 0 atom stereocenters. The van der Waals surface area contributed by atoms with E-state index in [0.29, 0.717) is 12.5 Å². The molecule has 6 nitrogen and oxygen atoms in total. The Kier molecular flexibility index (Phi) is 4.98. The number of hydrogen-bond acceptors (Lipinski definition) is 5. The zero-order chi connectivity index (χ0) is 15.3. The third-order valence-electron chi connectivity index (χ3n) is 3.44. The minimum Gasteiger partial charge on any atom is -0.444 e. The molecule has 1 aromatic heterocycles. The Labute approximate surface area is 125 Å². The average Bonchev–Trinajstić information content (AvgIpc) is 2.45. The average molecular weight is 292 g/mol. The zero-order valence-corrected chi connectivity index (χ0v) is 13.0. The van der Waals surface area contributed by atoms with Crippen LogP contribution >= 0.6 is 0 Å². The van der Waals surface area contributed by atoms with Crippen LogP contribution in [-0.2, 0) is 4.74 Å². The molecule has 0 spiro atoms. The number of nitrogens with one attached hydrogen (secondary N) is 1. The van der Waals surface area contributed by atoms with Gasteiger partial charge in [0.2, 0.25) is 0 Å². The van der Waals surface area contributed by atoms with Crippen molar-refractivity contribution in [3.05, 3.63) is 18.6 Å². The smallest absolute Gasteiger partial charge is 0.407 e. The van der Waals surface area contributed by atoms with Crippen molar-refractivity contribution in [1.29, 1.82) is 0 Å². The highest BCUT2D eigenvalue weighted by molar-refractivity contribution is 5.67. The van der Waals surface area contributed by atoms with E-state index in [1.165, 1.54) is 0 Å². The van der Waals surface area contributed by atoms with E-state index in [1.807, 2.05) is 26.8 Å². The second-order valence-corrected chi connectivity index (χ2v) is 6.38. The lowest BCUT2D eigenvalue weighted by Gasteiger charge is -2.32. The Morgan fingerprint density at radius 3 is 2.71 bits per heavy atom. The predicted octanol–water partition coefficient (Wildman–Crippen LogP) is 2.22. The van der Waals surface area contributed by atoms with Crippen LogP contribution < -0.4 is 10.2 Å². The van der Waals surface area contributed by atoms with Crippen LogP contribution in [-0.4, -0.2) is 41.3 Å². The van der Waals surface area contributed by atoms with Gasteiger partial charge in [-0.15, -0.1) is 0 Å². The van der Waals surface area contributed by atoms with Gasteiger partial charge in [0.05, 0.1) is 0 Å². The molecule has 1 aromatic rings. The normalized spacial score (nSPS) is 16.6. The molecule has 1 fully saturated rings. The van der Waals surface area contributed by atoms with Gasteiger partial charge in [-0.3, -0.25) is 0 Å². The molecule has 2 heterocycles. The van der Waals surface area contributed by atoms with Crippen molar-refractivity contribution in [3.8, 4) is 0 Å². The summed E-state index contributed by atoms with van der Waals surface area (Å²) >= 11 is 0. The van der Waals surface area contributed by atoms with Gasteiger partial charge in [0.25, 0.3) is 0 Å². The summed E-state index contributed by atoms with van der Waals surface area (Å²) < 4.78 is 5.24. The molecule has 6 heteroatoms. The third kappa shape index (κ3) is 5.21. The summed E-state index contributed by atoms with van der Waals surface area (Å²) in [7, 11) is 0.